The fraction of sp³-hybridized carbons (Fsp3) is 0.875. The topological polar surface area (TPSA) is 179 Å². The predicted octanol–water partition coefficient (Wildman–Crippen LogP) is 1.15. The van der Waals surface area contributed by atoms with Gasteiger partial charge < -0.3 is 54.7 Å². The van der Waals surface area contributed by atoms with Gasteiger partial charge >= 0.3 is 0 Å². The van der Waals surface area contributed by atoms with Gasteiger partial charge in [0.15, 0.2) is 12.6 Å². The van der Waals surface area contributed by atoms with Crippen LogP contribution in [0.5, 0.6) is 0 Å². The molecule has 2 saturated heterocycles. The van der Waals surface area contributed by atoms with Gasteiger partial charge in [-0.1, -0.05) is 39.0 Å². The Morgan fingerprint density at radius 2 is 1.56 bits per heavy atom. The van der Waals surface area contributed by atoms with Crippen LogP contribution in [0.2, 0.25) is 0 Å². The number of fused-ring (bicyclic) bond motifs is 1. The van der Waals surface area contributed by atoms with Crippen molar-refractivity contribution in [2.75, 3.05) is 6.61 Å². The molecule has 0 spiro atoms. The number of allylic oxidation sites excluding steroid dienone is 1. The van der Waals surface area contributed by atoms with Gasteiger partial charge in [0.05, 0.1) is 24.4 Å². The lowest BCUT2D eigenvalue weighted by molar-refractivity contribution is -0.327. The number of aliphatic hydroxyl groups excluding tert-OH is 7. The van der Waals surface area contributed by atoms with Crippen LogP contribution in [0.1, 0.15) is 73.1 Å². The number of hydrogen-bond donors (Lipinski definition) is 7. The van der Waals surface area contributed by atoms with E-state index in [-0.39, 0.29) is 28.8 Å². The molecule has 0 unspecified atom stereocenters. The molecule has 0 radical (unpaired) electrons. The maximum Gasteiger partial charge on any atom is 0.187 e. The number of ether oxygens (including phenoxy) is 4. The van der Waals surface area contributed by atoms with Gasteiger partial charge in [-0.05, 0) is 75.0 Å². The SMILES string of the molecule is C=C[C@@](C)(CC[C@H]1C(=C)CC[C@@H]2C(C)(C)[C@@H](O[C@@H]3O[C@H](CO)[C@@H](O)[C@H](O)[C@H]3O)CC[C@@]21C)O[C@@H]1O[C@@H](C)[C@H](O)[C@@H](O)[C@H]1O. The minimum absolute atomic E-state index is 0.119. The fourth-order valence-electron chi connectivity index (χ4n) is 8.29. The molecule has 0 aromatic rings. The smallest absolute Gasteiger partial charge is 0.187 e. The molecule has 7 N–H and O–H groups in total. The van der Waals surface area contributed by atoms with Crippen LogP contribution in [-0.4, -0.2) is 115 Å². The molecule has 2 aliphatic heterocycles. The molecule has 0 amide bonds. The second kappa shape index (κ2) is 13.0. The lowest BCUT2D eigenvalue weighted by atomic mass is 9.46. The van der Waals surface area contributed by atoms with Crippen LogP contribution in [0.25, 0.3) is 0 Å². The average molecular weight is 615 g/mol. The van der Waals surface area contributed by atoms with Crippen molar-refractivity contribution in [3.63, 3.8) is 0 Å². The Hall–Kier alpha value is -0.960. The largest absolute Gasteiger partial charge is 0.394 e. The summed E-state index contributed by atoms with van der Waals surface area (Å²) in [6.45, 7) is 18.1. The van der Waals surface area contributed by atoms with Crippen LogP contribution >= 0.6 is 0 Å². The van der Waals surface area contributed by atoms with Gasteiger partial charge in [-0.3, -0.25) is 0 Å². The highest BCUT2D eigenvalue weighted by molar-refractivity contribution is 5.17. The molecule has 2 saturated carbocycles. The van der Waals surface area contributed by atoms with Crippen LogP contribution < -0.4 is 0 Å². The van der Waals surface area contributed by atoms with E-state index in [1.54, 1.807) is 13.0 Å². The van der Waals surface area contributed by atoms with E-state index < -0.39 is 73.6 Å². The Morgan fingerprint density at radius 3 is 2.19 bits per heavy atom. The lowest BCUT2D eigenvalue weighted by Crippen LogP contribution is -2.62. The van der Waals surface area contributed by atoms with E-state index in [9.17, 15) is 35.7 Å². The minimum atomic E-state index is -1.49. The Balaban J connectivity index is 1.47. The summed E-state index contributed by atoms with van der Waals surface area (Å²) >= 11 is 0. The highest BCUT2D eigenvalue weighted by atomic mass is 16.7. The molecule has 11 nitrogen and oxygen atoms in total. The van der Waals surface area contributed by atoms with Crippen molar-refractivity contribution in [3.8, 4) is 0 Å². The highest BCUT2D eigenvalue weighted by Crippen LogP contribution is 2.62. The molecule has 0 aromatic carbocycles. The summed E-state index contributed by atoms with van der Waals surface area (Å²) in [5.41, 5.74) is -0.159. The third kappa shape index (κ3) is 6.51. The Morgan fingerprint density at radius 1 is 0.930 bits per heavy atom. The van der Waals surface area contributed by atoms with Crippen molar-refractivity contribution in [1.82, 2.24) is 0 Å². The van der Waals surface area contributed by atoms with Gasteiger partial charge in [0, 0.05) is 0 Å². The first-order valence-corrected chi connectivity index (χ1v) is 15.7. The molecular formula is C32H54O11. The zero-order valence-corrected chi connectivity index (χ0v) is 26.2. The quantitative estimate of drug-likeness (QED) is 0.146. The van der Waals surface area contributed by atoms with Crippen LogP contribution in [0, 0.1) is 22.7 Å². The van der Waals surface area contributed by atoms with Crippen LogP contribution in [-0.2, 0) is 18.9 Å². The van der Waals surface area contributed by atoms with Crippen molar-refractivity contribution in [3.05, 3.63) is 24.8 Å². The van der Waals surface area contributed by atoms with E-state index in [0.29, 0.717) is 12.8 Å². The molecule has 4 rings (SSSR count). The molecule has 4 aliphatic rings. The maximum atomic E-state index is 10.6. The first-order valence-electron chi connectivity index (χ1n) is 15.7. The molecule has 11 heteroatoms. The third-order valence-electron chi connectivity index (χ3n) is 11.2. The van der Waals surface area contributed by atoms with Gasteiger partial charge in [-0.25, -0.2) is 0 Å². The second-order valence-corrected chi connectivity index (χ2v) is 14.3. The van der Waals surface area contributed by atoms with E-state index in [4.69, 9.17) is 18.9 Å². The summed E-state index contributed by atoms with van der Waals surface area (Å²) in [5.74, 6) is 0.390. The van der Waals surface area contributed by atoms with Gasteiger partial charge in [0.1, 0.15) is 42.7 Å². The Bertz CT molecular complexity index is 988. The van der Waals surface area contributed by atoms with Crippen molar-refractivity contribution in [2.24, 2.45) is 22.7 Å². The van der Waals surface area contributed by atoms with Gasteiger partial charge in [0.2, 0.25) is 0 Å². The molecule has 15 atom stereocenters. The molecule has 4 fully saturated rings. The normalized spacial score (nSPS) is 48.3. The fourth-order valence-corrected chi connectivity index (χ4v) is 8.29. The van der Waals surface area contributed by atoms with E-state index in [1.165, 1.54) is 5.57 Å². The summed E-state index contributed by atoms with van der Waals surface area (Å²) in [4.78, 5) is 0. The molecule has 0 bridgehead atoms. The zero-order valence-electron chi connectivity index (χ0n) is 26.2. The van der Waals surface area contributed by atoms with E-state index >= 15 is 0 Å². The summed E-state index contributed by atoms with van der Waals surface area (Å²) in [5, 5.41) is 71.5. The Labute approximate surface area is 255 Å². The number of aliphatic hydroxyl groups is 7. The molecule has 248 valence electrons. The summed E-state index contributed by atoms with van der Waals surface area (Å²) < 4.78 is 23.9. The summed E-state index contributed by atoms with van der Waals surface area (Å²) in [6.07, 6.45) is -6.46. The van der Waals surface area contributed by atoms with Crippen LogP contribution in [0.15, 0.2) is 24.8 Å². The number of rotatable bonds is 9. The molecule has 2 heterocycles. The number of hydrogen-bond acceptors (Lipinski definition) is 11. The van der Waals surface area contributed by atoms with Crippen molar-refractivity contribution < 1.29 is 54.7 Å². The van der Waals surface area contributed by atoms with Gasteiger partial charge in [-0.2, -0.15) is 0 Å². The third-order valence-corrected chi connectivity index (χ3v) is 11.2. The first-order chi connectivity index (χ1) is 20.0. The molecular weight excluding hydrogens is 560 g/mol. The average Bonchev–Trinajstić information content (AvgIpc) is 2.95. The summed E-state index contributed by atoms with van der Waals surface area (Å²) in [7, 11) is 0. The predicted molar refractivity (Wildman–Crippen MR) is 156 cm³/mol. The van der Waals surface area contributed by atoms with Crippen LogP contribution in [0.3, 0.4) is 0 Å². The Kier molecular flexibility index (Phi) is 10.6. The van der Waals surface area contributed by atoms with E-state index in [2.05, 4.69) is 33.9 Å². The molecule has 0 aromatic heterocycles. The van der Waals surface area contributed by atoms with E-state index in [1.807, 2.05) is 6.92 Å². The van der Waals surface area contributed by atoms with Crippen LogP contribution in [0.4, 0.5) is 0 Å². The van der Waals surface area contributed by atoms with Crippen molar-refractivity contribution in [2.45, 2.75) is 146 Å². The highest BCUT2D eigenvalue weighted by Gasteiger charge is 2.58. The summed E-state index contributed by atoms with van der Waals surface area (Å²) in [6, 6.07) is 0. The van der Waals surface area contributed by atoms with Gasteiger partial charge in [0.25, 0.3) is 0 Å². The van der Waals surface area contributed by atoms with E-state index in [0.717, 1.165) is 25.7 Å². The zero-order chi connectivity index (χ0) is 32.1. The van der Waals surface area contributed by atoms with Gasteiger partial charge in [-0.15, -0.1) is 6.58 Å². The van der Waals surface area contributed by atoms with Crippen molar-refractivity contribution in [1.29, 1.82) is 0 Å². The first kappa shape index (κ1) is 34.9. The van der Waals surface area contributed by atoms with Crippen molar-refractivity contribution >= 4 is 0 Å². The second-order valence-electron chi connectivity index (χ2n) is 14.3. The lowest BCUT2D eigenvalue weighted by Gasteiger charge is -2.61. The molecule has 43 heavy (non-hydrogen) atoms. The maximum absolute atomic E-state index is 10.6. The minimum Gasteiger partial charge on any atom is -0.394 e. The molecule has 2 aliphatic carbocycles. The monoisotopic (exact) mass is 614 g/mol. The standard InChI is InChI=1S/C32H54O11/c1-8-31(6,43-29-27(39)24(36)22(34)17(3)40-29)13-11-18-16(2)9-10-20-30(4,5)21(12-14-32(18,20)7)42-28-26(38)25(37)23(35)19(15-33)41-28/h8,17-29,33-39H,1-2,9-15H2,3-7H3/t17-,18-,19+,20+,21-,22-,23+,24+,25-,26+,27+,28-,29-,31-,32+/m0/s1.